The first-order valence-corrected chi connectivity index (χ1v) is 14.4. The largest absolute Gasteiger partial charge is 0.351 e. The third kappa shape index (κ3) is 3.80. The molecular formula is C34H24N10O. The summed E-state index contributed by atoms with van der Waals surface area (Å²) in [6.45, 7) is 1.93. The van der Waals surface area contributed by atoms with Crippen LogP contribution in [0.4, 0.5) is 33.8 Å². The minimum absolute atomic E-state index is 0.577. The number of H-pyrrole nitrogens is 4. The zero-order valence-corrected chi connectivity index (χ0v) is 23.9. The Kier molecular flexibility index (Phi) is 5.15. The number of amides is 2. The number of anilines is 1. The Labute approximate surface area is 253 Å². The summed E-state index contributed by atoms with van der Waals surface area (Å²) in [6.07, 6.45) is 0. The molecule has 45 heavy (non-hydrogen) atoms. The normalized spacial score (nSPS) is 12.6. The molecule has 11 nitrogen and oxygen atoms in total. The van der Waals surface area contributed by atoms with E-state index in [1.54, 1.807) is 0 Å². The van der Waals surface area contributed by atoms with E-state index in [0.29, 0.717) is 50.9 Å². The van der Waals surface area contributed by atoms with Crippen molar-refractivity contribution in [1.82, 2.24) is 19.9 Å². The SMILES string of the molecule is Cc1c(NC(N)=O)ccc2c3[nH]c(c12)N=c1[nH]c(c2ccccc12)=Nc1[nH]c(c2ccccc12)N=c1[nH]c(c2ccccc12)=N3. The summed E-state index contributed by atoms with van der Waals surface area (Å²) >= 11 is 0. The number of benzene rings is 4. The Hall–Kier alpha value is -6.49. The van der Waals surface area contributed by atoms with E-state index < -0.39 is 6.03 Å². The predicted molar refractivity (Wildman–Crippen MR) is 174 cm³/mol. The van der Waals surface area contributed by atoms with Crippen molar-refractivity contribution in [3.05, 3.63) is 112 Å². The fraction of sp³-hybridized carbons (Fsp3) is 0.0294. The van der Waals surface area contributed by atoms with Crippen molar-refractivity contribution in [2.24, 2.45) is 25.7 Å². The molecule has 2 amide bonds. The maximum atomic E-state index is 11.8. The maximum Gasteiger partial charge on any atom is 0.316 e. The summed E-state index contributed by atoms with van der Waals surface area (Å²) in [7, 11) is 0. The molecule has 0 atom stereocenters. The number of hydrogen-bond donors (Lipinski definition) is 6. The lowest BCUT2D eigenvalue weighted by molar-refractivity contribution is 0.259. The van der Waals surface area contributed by atoms with Crippen LogP contribution < -0.4 is 33.0 Å². The van der Waals surface area contributed by atoms with E-state index in [-0.39, 0.29) is 0 Å². The lowest BCUT2D eigenvalue weighted by atomic mass is 10.1. The number of aromatic nitrogens is 4. The summed E-state index contributed by atoms with van der Waals surface area (Å²) in [4.78, 5) is 46.0. The zero-order chi connectivity index (χ0) is 30.2. The average molecular weight is 589 g/mol. The van der Waals surface area contributed by atoms with Gasteiger partial charge in [-0.1, -0.05) is 72.8 Å². The van der Waals surface area contributed by atoms with Crippen LogP contribution in [-0.2, 0) is 0 Å². The van der Waals surface area contributed by atoms with Crippen LogP contribution in [-0.4, -0.2) is 26.0 Å². The molecule has 0 unspecified atom stereocenters. The van der Waals surface area contributed by atoms with Crippen LogP contribution in [0.5, 0.6) is 0 Å². The number of nitrogens with two attached hydrogens (primary N) is 1. The highest BCUT2D eigenvalue weighted by Crippen LogP contribution is 2.39. The van der Waals surface area contributed by atoms with Gasteiger partial charge in [0.1, 0.15) is 45.2 Å². The molecule has 0 saturated carbocycles. The van der Waals surface area contributed by atoms with Gasteiger partial charge in [0.2, 0.25) is 0 Å². The number of carbonyl (C=O) groups excluding carboxylic acids is 1. The molecule has 216 valence electrons. The number of urea groups is 1. The molecule has 0 saturated heterocycles. The van der Waals surface area contributed by atoms with Crippen LogP contribution in [0.3, 0.4) is 0 Å². The highest BCUT2D eigenvalue weighted by molar-refractivity contribution is 6.06. The number of nitrogens with one attached hydrogen (secondary N) is 5. The van der Waals surface area contributed by atoms with Gasteiger partial charge in [0, 0.05) is 48.8 Å². The first kappa shape index (κ1) is 25.0. The quantitative estimate of drug-likeness (QED) is 0.146. The van der Waals surface area contributed by atoms with Crippen LogP contribution in [0.2, 0.25) is 0 Å². The third-order valence-corrected chi connectivity index (χ3v) is 8.37. The average Bonchev–Trinajstić information content (AvgIpc) is 3.78. The van der Waals surface area contributed by atoms with Crippen molar-refractivity contribution in [2.45, 2.75) is 6.92 Å². The van der Waals surface area contributed by atoms with Crippen molar-refractivity contribution in [2.75, 3.05) is 5.32 Å². The molecule has 1 aliphatic rings. The van der Waals surface area contributed by atoms with Gasteiger partial charge < -0.3 is 31.0 Å². The summed E-state index contributed by atoms with van der Waals surface area (Å²) < 4.78 is 0. The van der Waals surface area contributed by atoms with Gasteiger partial charge in [-0.3, -0.25) is 0 Å². The molecule has 4 aromatic carbocycles. The lowest BCUT2D eigenvalue weighted by Crippen LogP contribution is -2.19. The molecule has 0 radical (unpaired) electrons. The summed E-state index contributed by atoms with van der Waals surface area (Å²) in [6, 6.07) is 27.2. The number of nitrogens with zero attached hydrogens (tertiary/aromatic N) is 4. The van der Waals surface area contributed by atoms with Gasteiger partial charge in [0.05, 0.1) is 0 Å². The van der Waals surface area contributed by atoms with Crippen molar-refractivity contribution in [3.8, 4) is 0 Å². The van der Waals surface area contributed by atoms with E-state index in [1.807, 2.05) is 91.9 Å². The van der Waals surface area contributed by atoms with Crippen LogP contribution in [0.25, 0.3) is 43.1 Å². The van der Waals surface area contributed by atoms with Crippen molar-refractivity contribution < 1.29 is 4.79 Å². The highest BCUT2D eigenvalue weighted by atomic mass is 16.2. The number of primary amides is 1. The molecular weight excluding hydrogens is 564 g/mol. The van der Waals surface area contributed by atoms with Crippen molar-refractivity contribution in [3.63, 3.8) is 0 Å². The van der Waals surface area contributed by atoms with E-state index >= 15 is 0 Å². The van der Waals surface area contributed by atoms with E-state index in [0.717, 1.165) is 48.7 Å². The second kappa shape index (κ2) is 9.25. The van der Waals surface area contributed by atoms with Crippen molar-refractivity contribution >= 4 is 78.1 Å². The number of carbonyl (C=O) groups is 1. The highest BCUT2D eigenvalue weighted by Gasteiger charge is 2.17. The van der Waals surface area contributed by atoms with Crippen LogP contribution in [0.15, 0.2) is 105 Å². The van der Waals surface area contributed by atoms with Gasteiger partial charge in [0.25, 0.3) is 0 Å². The van der Waals surface area contributed by atoms with E-state index in [4.69, 9.17) is 25.7 Å². The summed E-state index contributed by atoms with van der Waals surface area (Å²) in [5, 5.41) is 9.96. The fourth-order valence-corrected chi connectivity index (χ4v) is 6.30. The molecule has 5 heterocycles. The van der Waals surface area contributed by atoms with Gasteiger partial charge >= 0.3 is 6.03 Å². The predicted octanol–water partition coefficient (Wildman–Crippen LogP) is 5.53. The van der Waals surface area contributed by atoms with E-state index in [9.17, 15) is 4.79 Å². The van der Waals surface area contributed by atoms with Crippen LogP contribution in [0.1, 0.15) is 5.56 Å². The Balaban J connectivity index is 1.48. The molecule has 0 fully saturated rings. The number of fused-ring (bicyclic) bond motifs is 20. The molecule has 11 heteroatoms. The molecule has 8 aromatic rings. The number of aryl methyl sites for hydroxylation is 1. The maximum absolute atomic E-state index is 11.8. The molecule has 4 aromatic heterocycles. The molecule has 8 bridgehead atoms. The molecule has 1 aliphatic heterocycles. The lowest BCUT2D eigenvalue weighted by Gasteiger charge is -2.07. The zero-order valence-electron chi connectivity index (χ0n) is 23.9. The Morgan fingerprint density at radius 3 is 1.40 bits per heavy atom. The van der Waals surface area contributed by atoms with Gasteiger partial charge in [0.15, 0.2) is 0 Å². The second-order valence-electron chi connectivity index (χ2n) is 11.0. The van der Waals surface area contributed by atoms with Gasteiger partial charge in [-0.15, -0.1) is 0 Å². The Bertz CT molecular complexity index is 2790. The van der Waals surface area contributed by atoms with Crippen LogP contribution in [0, 0.1) is 6.92 Å². The molecule has 0 spiro atoms. The van der Waals surface area contributed by atoms with E-state index in [1.165, 1.54) is 0 Å². The third-order valence-electron chi connectivity index (χ3n) is 8.37. The van der Waals surface area contributed by atoms with Gasteiger partial charge in [-0.2, -0.15) is 0 Å². The molecule has 7 N–H and O–H groups in total. The van der Waals surface area contributed by atoms with Crippen LogP contribution >= 0.6 is 0 Å². The second-order valence-corrected chi connectivity index (χ2v) is 11.0. The minimum Gasteiger partial charge on any atom is -0.351 e. The minimum atomic E-state index is -0.641. The first-order valence-electron chi connectivity index (χ1n) is 14.4. The smallest absolute Gasteiger partial charge is 0.316 e. The summed E-state index contributed by atoms with van der Waals surface area (Å²) in [5.41, 5.74) is 9.51. The monoisotopic (exact) mass is 588 g/mol. The topological polar surface area (TPSA) is 168 Å². The standard InChI is InChI=1S/C34H24N10O/c1-16-24(36-34(35)45)15-14-23-25(16)33-43-31-22-13-7-6-12-21(22)29(41-31)39-27-18-9-3-2-8-17(18)26(37-27)38-28-19-10-4-5-11-20(19)30(40-28)42-32(23)44-33/h2-15H,1H3,(H3,35,36,45)(H4,37,38,39,40,41,42,43,44). The number of rotatable bonds is 1. The molecule has 9 rings (SSSR count). The van der Waals surface area contributed by atoms with E-state index in [2.05, 4.69) is 25.3 Å². The van der Waals surface area contributed by atoms with Gasteiger partial charge in [-0.05, 0) is 24.6 Å². The Morgan fingerprint density at radius 1 is 0.533 bits per heavy atom. The van der Waals surface area contributed by atoms with Gasteiger partial charge in [-0.25, -0.2) is 24.8 Å². The fourth-order valence-electron chi connectivity index (χ4n) is 6.30. The first-order chi connectivity index (χ1) is 22.0. The molecule has 0 aliphatic carbocycles. The number of aromatic amines is 4. The summed E-state index contributed by atoms with van der Waals surface area (Å²) in [5.74, 6) is 2.56. The Morgan fingerprint density at radius 2 is 0.933 bits per heavy atom. The van der Waals surface area contributed by atoms with Crippen molar-refractivity contribution in [1.29, 1.82) is 0 Å². The number of hydrogen-bond acceptors (Lipinski definition) is 5.